The molecule has 2 aromatic carbocycles. The summed E-state index contributed by atoms with van der Waals surface area (Å²) >= 11 is 0. The number of para-hydroxylation sites is 2. The number of benzene rings is 2. The van der Waals surface area contributed by atoms with Gasteiger partial charge in [0.25, 0.3) is 5.91 Å². The number of imidazole rings is 1. The van der Waals surface area contributed by atoms with Crippen LogP contribution in [0.3, 0.4) is 0 Å². The van der Waals surface area contributed by atoms with Crippen LogP contribution in [0.1, 0.15) is 30.0 Å². The minimum absolute atomic E-state index is 0.109. The van der Waals surface area contributed by atoms with Gasteiger partial charge in [-0.3, -0.25) is 4.79 Å². The summed E-state index contributed by atoms with van der Waals surface area (Å²) in [6, 6.07) is 13.8. The van der Waals surface area contributed by atoms with Crippen LogP contribution in [0.5, 0.6) is 0 Å². The van der Waals surface area contributed by atoms with Crippen molar-refractivity contribution in [3.63, 3.8) is 0 Å². The van der Waals surface area contributed by atoms with Crippen molar-refractivity contribution in [2.45, 2.75) is 38.3 Å². The number of hydrogen-bond donors (Lipinski definition) is 1. The monoisotopic (exact) mass is 414 g/mol. The smallest absolute Gasteiger partial charge is 0.251 e. The lowest BCUT2D eigenvalue weighted by molar-refractivity contribution is 0.0952. The molecule has 0 saturated carbocycles. The van der Waals surface area contributed by atoms with E-state index >= 15 is 0 Å². The molecule has 0 aliphatic heterocycles. The van der Waals surface area contributed by atoms with E-state index in [4.69, 9.17) is 0 Å². The van der Waals surface area contributed by atoms with E-state index in [1.165, 1.54) is 23.5 Å². The summed E-state index contributed by atoms with van der Waals surface area (Å²) in [5.74, 6) is 0.571. The first kappa shape index (κ1) is 21.0. The first-order chi connectivity index (χ1) is 13.7. The van der Waals surface area contributed by atoms with E-state index < -0.39 is 10.0 Å². The number of carbonyl (C=O) groups is 1. The summed E-state index contributed by atoms with van der Waals surface area (Å²) in [4.78, 5) is 17.2. The third-order valence-electron chi connectivity index (χ3n) is 4.97. The van der Waals surface area contributed by atoms with Gasteiger partial charge < -0.3 is 9.88 Å². The van der Waals surface area contributed by atoms with Gasteiger partial charge in [-0.05, 0) is 51.1 Å². The molecule has 0 bridgehead atoms. The third-order valence-corrected chi connectivity index (χ3v) is 7.00. The molecule has 0 radical (unpaired) electrons. The molecule has 1 amide bonds. The molecule has 0 atom stereocenters. The van der Waals surface area contributed by atoms with Crippen LogP contribution in [0.4, 0.5) is 0 Å². The van der Waals surface area contributed by atoms with Crippen LogP contribution in [-0.2, 0) is 16.6 Å². The Bertz CT molecular complexity index is 1140. The average Bonchev–Trinajstić information content (AvgIpc) is 3.02. The number of sulfonamides is 1. The summed E-state index contributed by atoms with van der Waals surface area (Å²) < 4.78 is 28.7. The molecule has 29 heavy (non-hydrogen) atoms. The second-order valence-electron chi connectivity index (χ2n) is 7.20. The van der Waals surface area contributed by atoms with Crippen molar-refractivity contribution in [1.82, 2.24) is 19.2 Å². The molecule has 3 aromatic rings. The Labute approximate surface area is 171 Å². The Morgan fingerprint density at radius 2 is 1.90 bits per heavy atom. The van der Waals surface area contributed by atoms with Gasteiger partial charge in [0.15, 0.2) is 0 Å². The number of nitrogens with zero attached hydrogens (tertiary/aromatic N) is 3. The van der Waals surface area contributed by atoms with E-state index in [0.29, 0.717) is 18.7 Å². The standard InChI is InChI=1S/C21H26N4O3S/c1-15(2)24(4)29(27,28)18-9-7-8-17(14-18)21(26)22-12-13-25-16(3)23-19-10-5-6-11-20(19)25/h5-11,14-15H,12-13H2,1-4H3,(H,22,26). The average molecular weight is 415 g/mol. The predicted molar refractivity (Wildman–Crippen MR) is 113 cm³/mol. The second kappa shape index (κ2) is 8.34. The van der Waals surface area contributed by atoms with Crippen LogP contribution in [-0.4, -0.2) is 47.8 Å². The summed E-state index contributed by atoms with van der Waals surface area (Å²) in [5, 5.41) is 2.86. The molecule has 0 fully saturated rings. The van der Waals surface area contributed by atoms with Gasteiger partial charge in [0.05, 0.1) is 15.9 Å². The highest BCUT2D eigenvalue weighted by molar-refractivity contribution is 7.89. The van der Waals surface area contributed by atoms with Crippen LogP contribution < -0.4 is 5.32 Å². The van der Waals surface area contributed by atoms with Gasteiger partial charge >= 0.3 is 0 Å². The predicted octanol–water partition coefficient (Wildman–Crippen LogP) is 2.80. The quantitative estimate of drug-likeness (QED) is 0.644. The molecule has 154 valence electrons. The van der Waals surface area contributed by atoms with Gasteiger partial charge in [-0.15, -0.1) is 0 Å². The zero-order valence-corrected chi connectivity index (χ0v) is 17.9. The van der Waals surface area contributed by atoms with Crippen molar-refractivity contribution in [3.05, 3.63) is 59.9 Å². The first-order valence-corrected chi connectivity index (χ1v) is 10.9. The molecule has 3 rings (SSSR count). The van der Waals surface area contributed by atoms with E-state index in [0.717, 1.165) is 16.9 Å². The number of hydrogen-bond acceptors (Lipinski definition) is 4. The van der Waals surface area contributed by atoms with Crippen LogP contribution in [0, 0.1) is 6.92 Å². The summed E-state index contributed by atoms with van der Waals surface area (Å²) in [6.07, 6.45) is 0. The maximum Gasteiger partial charge on any atom is 0.251 e. The van der Waals surface area contributed by atoms with Gasteiger partial charge in [-0.25, -0.2) is 13.4 Å². The lowest BCUT2D eigenvalue weighted by atomic mass is 10.2. The lowest BCUT2D eigenvalue weighted by Gasteiger charge is -2.21. The molecule has 8 heteroatoms. The molecule has 0 unspecified atom stereocenters. The second-order valence-corrected chi connectivity index (χ2v) is 9.20. The summed E-state index contributed by atoms with van der Waals surface area (Å²) in [5.41, 5.74) is 2.25. The van der Waals surface area contributed by atoms with Crippen LogP contribution in [0.15, 0.2) is 53.4 Å². The Morgan fingerprint density at radius 3 is 2.62 bits per heavy atom. The number of aromatic nitrogens is 2. The molecule has 7 nitrogen and oxygen atoms in total. The van der Waals surface area contributed by atoms with E-state index in [1.807, 2.05) is 35.8 Å². The Balaban J connectivity index is 1.71. The van der Waals surface area contributed by atoms with E-state index in [-0.39, 0.29) is 16.8 Å². The fourth-order valence-corrected chi connectivity index (χ4v) is 4.52. The van der Waals surface area contributed by atoms with Gasteiger partial charge in [-0.1, -0.05) is 18.2 Å². The number of fused-ring (bicyclic) bond motifs is 1. The molecule has 1 aromatic heterocycles. The molecule has 1 heterocycles. The van der Waals surface area contributed by atoms with Gasteiger partial charge in [0, 0.05) is 31.7 Å². The zero-order chi connectivity index (χ0) is 21.2. The van der Waals surface area contributed by atoms with Crippen LogP contribution in [0.25, 0.3) is 11.0 Å². The highest BCUT2D eigenvalue weighted by atomic mass is 32.2. The number of carbonyl (C=O) groups excluding carboxylic acids is 1. The number of nitrogens with one attached hydrogen (secondary N) is 1. The first-order valence-electron chi connectivity index (χ1n) is 9.50. The van der Waals surface area contributed by atoms with Gasteiger partial charge in [-0.2, -0.15) is 4.31 Å². The SMILES string of the molecule is Cc1nc2ccccc2n1CCNC(=O)c1cccc(S(=O)(=O)N(C)C(C)C)c1. The molecule has 0 aliphatic carbocycles. The number of aryl methyl sites for hydroxylation is 1. The van der Waals surface area contributed by atoms with E-state index in [9.17, 15) is 13.2 Å². The molecule has 0 aliphatic rings. The molecule has 1 N–H and O–H groups in total. The fraction of sp³-hybridized carbons (Fsp3) is 0.333. The molecule has 0 saturated heterocycles. The van der Waals surface area contributed by atoms with E-state index in [1.54, 1.807) is 26.0 Å². The highest BCUT2D eigenvalue weighted by Crippen LogP contribution is 2.18. The van der Waals surface area contributed by atoms with Crippen LogP contribution in [0.2, 0.25) is 0 Å². The maximum atomic E-state index is 12.7. The zero-order valence-electron chi connectivity index (χ0n) is 17.1. The van der Waals surface area contributed by atoms with Crippen molar-refractivity contribution >= 4 is 27.0 Å². The maximum absolute atomic E-state index is 12.7. The minimum Gasteiger partial charge on any atom is -0.350 e. The van der Waals surface area contributed by atoms with Gasteiger partial charge in [0.2, 0.25) is 10.0 Å². The number of amides is 1. The highest BCUT2D eigenvalue weighted by Gasteiger charge is 2.23. The fourth-order valence-electron chi connectivity index (χ4n) is 3.10. The van der Waals surface area contributed by atoms with Crippen molar-refractivity contribution < 1.29 is 13.2 Å². The largest absolute Gasteiger partial charge is 0.350 e. The van der Waals surface area contributed by atoms with Gasteiger partial charge in [0.1, 0.15) is 5.82 Å². The number of rotatable bonds is 7. The van der Waals surface area contributed by atoms with Crippen molar-refractivity contribution in [1.29, 1.82) is 0 Å². The molecular formula is C21H26N4O3S. The van der Waals surface area contributed by atoms with E-state index in [2.05, 4.69) is 10.3 Å². The minimum atomic E-state index is -3.64. The molecule has 0 spiro atoms. The summed E-state index contributed by atoms with van der Waals surface area (Å²) in [6.45, 7) is 6.52. The Kier molecular flexibility index (Phi) is 6.04. The Hall–Kier alpha value is -2.71. The van der Waals surface area contributed by atoms with Crippen molar-refractivity contribution in [2.24, 2.45) is 0 Å². The van der Waals surface area contributed by atoms with Crippen molar-refractivity contribution in [3.8, 4) is 0 Å². The third kappa shape index (κ3) is 4.33. The Morgan fingerprint density at radius 1 is 1.17 bits per heavy atom. The summed E-state index contributed by atoms with van der Waals surface area (Å²) in [7, 11) is -2.11. The normalized spacial score (nSPS) is 12.1. The topological polar surface area (TPSA) is 84.3 Å². The van der Waals surface area contributed by atoms with Crippen molar-refractivity contribution in [2.75, 3.05) is 13.6 Å². The van der Waals surface area contributed by atoms with Crippen LogP contribution >= 0.6 is 0 Å². The molecular weight excluding hydrogens is 388 g/mol. The lowest BCUT2D eigenvalue weighted by Crippen LogP contribution is -2.33.